The van der Waals surface area contributed by atoms with Gasteiger partial charge in [0.2, 0.25) is 6.79 Å². The van der Waals surface area contributed by atoms with E-state index in [1.54, 1.807) is 18.2 Å². The molecule has 0 radical (unpaired) electrons. The number of hydrogen-bond acceptors (Lipinski definition) is 9. The van der Waals surface area contributed by atoms with E-state index in [0.29, 0.717) is 41.9 Å². The molecule has 36 heavy (non-hydrogen) atoms. The lowest BCUT2D eigenvalue weighted by Gasteiger charge is -2.19. The largest absolute Gasteiger partial charge is 0.486 e. The van der Waals surface area contributed by atoms with Crippen LogP contribution in [0.4, 0.5) is 11.4 Å². The third kappa shape index (κ3) is 5.13. The minimum Gasteiger partial charge on any atom is -0.486 e. The second kappa shape index (κ2) is 9.66. The van der Waals surface area contributed by atoms with Gasteiger partial charge >= 0.3 is 5.97 Å². The molecule has 0 saturated carbocycles. The van der Waals surface area contributed by atoms with Gasteiger partial charge in [-0.25, -0.2) is 13.2 Å². The number of fused-ring (bicyclic) bond motifs is 2. The van der Waals surface area contributed by atoms with Gasteiger partial charge in [0.15, 0.2) is 29.6 Å². The van der Waals surface area contributed by atoms with Crippen molar-refractivity contribution in [1.29, 1.82) is 0 Å². The SMILES string of the molecule is O=C(COC(=O)c1ccc(NS(=O)(=O)c2ccc3c(c2)OCCO3)cc1)Nc1ccc2c(c1)OCO2. The third-order valence-corrected chi connectivity index (χ3v) is 6.57. The molecule has 3 aromatic rings. The van der Waals surface area contributed by atoms with Crippen LogP contribution in [0, 0.1) is 0 Å². The summed E-state index contributed by atoms with van der Waals surface area (Å²) in [5.74, 6) is 0.645. The maximum atomic E-state index is 12.7. The number of esters is 1. The first-order chi connectivity index (χ1) is 17.4. The standard InChI is InChI=1S/C24H20N2O9S/c27-23(25-17-5-7-20-21(11-17)35-14-34-20)13-33-24(28)15-1-3-16(4-2-15)26-36(29,30)18-6-8-19-22(12-18)32-10-9-31-19/h1-8,11-12,26H,9-10,13-14H2,(H,25,27). The van der Waals surface area contributed by atoms with Crippen LogP contribution >= 0.6 is 0 Å². The Balaban J connectivity index is 1.16. The number of anilines is 2. The maximum Gasteiger partial charge on any atom is 0.338 e. The van der Waals surface area contributed by atoms with Crippen LogP contribution in [0.2, 0.25) is 0 Å². The maximum absolute atomic E-state index is 12.7. The van der Waals surface area contributed by atoms with Gasteiger partial charge in [0.1, 0.15) is 13.2 Å². The topological polar surface area (TPSA) is 138 Å². The minimum absolute atomic E-state index is 0.00343. The smallest absolute Gasteiger partial charge is 0.338 e. The summed E-state index contributed by atoms with van der Waals surface area (Å²) in [6.07, 6.45) is 0. The lowest BCUT2D eigenvalue weighted by atomic mass is 10.2. The highest BCUT2D eigenvalue weighted by Gasteiger charge is 2.20. The van der Waals surface area contributed by atoms with Crippen molar-refractivity contribution >= 4 is 33.3 Å². The normalized spacial score (nSPS) is 13.6. The summed E-state index contributed by atoms with van der Waals surface area (Å²) in [4.78, 5) is 24.4. The number of nitrogens with one attached hydrogen (secondary N) is 2. The second-order valence-corrected chi connectivity index (χ2v) is 9.36. The van der Waals surface area contributed by atoms with Crippen LogP contribution in [0.5, 0.6) is 23.0 Å². The van der Waals surface area contributed by atoms with E-state index in [1.807, 2.05) is 0 Å². The van der Waals surface area contributed by atoms with Crippen molar-refractivity contribution in [3.8, 4) is 23.0 Å². The number of benzene rings is 3. The fourth-order valence-corrected chi connectivity index (χ4v) is 4.54. The van der Waals surface area contributed by atoms with E-state index in [-0.39, 0.29) is 22.9 Å². The van der Waals surface area contributed by atoms with Crippen LogP contribution in [0.15, 0.2) is 65.6 Å². The van der Waals surface area contributed by atoms with E-state index in [1.165, 1.54) is 42.5 Å². The van der Waals surface area contributed by atoms with Crippen LogP contribution in [0.1, 0.15) is 10.4 Å². The molecular weight excluding hydrogens is 492 g/mol. The van der Waals surface area contributed by atoms with Gasteiger partial charge in [0, 0.05) is 23.5 Å². The van der Waals surface area contributed by atoms with E-state index < -0.39 is 28.5 Å². The van der Waals surface area contributed by atoms with Gasteiger partial charge in [0.25, 0.3) is 15.9 Å². The number of sulfonamides is 1. The number of rotatable bonds is 7. The molecule has 0 atom stereocenters. The molecule has 0 fully saturated rings. The lowest BCUT2D eigenvalue weighted by molar-refractivity contribution is -0.119. The van der Waals surface area contributed by atoms with Crippen LogP contribution in [0.25, 0.3) is 0 Å². The van der Waals surface area contributed by atoms with E-state index in [4.69, 9.17) is 23.7 Å². The molecule has 5 rings (SSSR count). The molecule has 2 heterocycles. The van der Waals surface area contributed by atoms with Gasteiger partial charge in [0.05, 0.1) is 10.5 Å². The fourth-order valence-electron chi connectivity index (χ4n) is 3.47. The molecule has 0 saturated heterocycles. The molecule has 11 nitrogen and oxygen atoms in total. The van der Waals surface area contributed by atoms with E-state index >= 15 is 0 Å². The predicted molar refractivity (Wildman–Crippen MR) is 126 cm³/mol. The summed E-state index contributed by atoms with van der Waals surface area (Å²) in [5, 5.41) is 2.60. The molecule has 12 heteroatoms. The zero-order valence-corrected chi connectivity index (χ0v) is 19.5. The van der Waals surface area contributed by atoms with Crippen LogP contribution < -0.4 is 29.0 Å². The van der Waals surface area contributed by atoms with Gasteiger partial charge in [-0.15, -0.1) is 0 Å². The molecule has 2 N–H and O–H groups in total. The highest BCUT2D eigenvalue weighted by atomic mass is 32.2. The van der Waals surface area contributed by atoms with Crippen molar-refractivity contribution in [2.24, 2.45) is 0 Å². The Kier molecular flexibility index (Phi) is 6.25. The van der Waals surface area contributed by atoms with Crippen molar-refractivity contribution in [3.63, 3.8) is 0 Å². The zero-order chi connectivity index (χ0) is 25.1. The van der Waals surface area contributed by atoms with Gasteiger partial charge < -0.3 is 29.0 Å². The van der Waals surface area contributed by atoms with Crippen molar-refractivity contribution in [2.45, 2.75) is 4.90 Å². The number of amides is 1. The lowest BCUT2D eigenvalue weighted by Crippen LogP contribution is -2.21. The molecule has 0 aromatic heterocycles. The second-order valence-electron chi connectivity index (χ2n) is 7.68. The summed E-state index contributed by atoms with van der Waals surface area (Å²) < 4.78 is 54.3. The van der Waals surface area contributed by atoms with Gasteiger partial charge in [-0.3, -0.25) is 9.52 Å². The molecular formula is C24H20N2O9S. The Morgan fingerprint density at radius 1 is 0.778 bits per heavy atom. The molecule has 1 amide bonds. The van der Waals surface area contributed by atoms with Gasteiger partial charge in [-0.1, -0.05) is 0 Å². The summed E-state index contributed by atoms with van der Waals surface area (Å²) >= 11 is 0. The summed E-state index contributed by atoms with van der Waals surface area (Å²) in [5.41, 5.74) is 0.852. The third-order valence-electron chi connectivity index (χ3n) is 5.19. The summed E-state index contributed by atoms with van der Waals surface area (Å²) in [6.45, 7) is 0.340. The first-order valence-corrected chi connectivity index (χ1v) is 12.2. The van der Waals surface area contributed by atoms with Crippen molar-refractivity contribution in [3.05, 3.63) is 66.2 Å². The van der Waals surface area contributed by atoms with E-state index in [9.17, 15) is 18.0 Å². The molecule has 0 spiro atoms. The number of carbonyl (C=O) groups excluding carboxylic acids is 2. The quantitative estimate of drug-likeness (QED) is 0.458. The average molecular weight is 512 g/mol. The Morgan fingerprint density at radius 2 is 1.42 bits per heavy atom. The summed E-state index contributed by atoms with van der Waals surface area (Å²) in [6, 6.07) is 14.8. The minimum atomic E-state index is -3.91. The van der Waals surface area contributed by atoms with Gasteiger partial charge in [-0.2, -0.15) is 0 Å². The Labute approximate surface area is 205 Å². The highest BCUT2D eigenvalue weighted by molar-refractivity contribution is 7.92. The predicted octanol–water partition coefficient (Wildman–Crippen LogP) is 2.78. The number of hydrogen-bond donors (Lipinski definition) is 2. The summed E-state index contributed by atoms with van der Waals surface area (Å²) in [7, 11) is -3.91. The average Bonchev–Trinajstić information content (AvgIpc) is 3.35. The first-order valence-electron chi connectivity index (χ1n) is 10.8. The Bertz CT molecular complexity index is 1420. The van der Waals surface area contributed by atoms with Crippen LogP contribution in [-0.4, -0.2) is 46.9 Å². The monoisotopic (exact) mass is 512 g/mol. The number of carbonyl (C=O) groups is 2. The van der Waals surface area contributed by atoms with E-state index in [0.717, 1.165) is 0 Å². The molecule has 3 aromatic carbocycles. The molecule has 0 unspecified atom stereocenters. The molecule has 2 aliphatic heterocycles. The molecule has 0 bridgehead atoms. The molecule has 2 aliphatic rings. The van der Waals surface area contributed by atoms with Crippen molar-refractivity contribution in [1.82, 2.24) is 0 Å². The van der Waals surface area contributed by atoms with Crippen molar-refractivity contribution in [2.75, 3.05) is 36.7 Å². The van der Waals surface area contributed by atoms with Gasteiger partial charge in [-0.05, 0) is 48.5 Å². The number of ether oxygens (including phenoxy) is 5. The Hall–Kier alpha value is -4.45. The van der Waals surface area contributed by atoms with Crippen LogP contribution in [0.3, 0.4) is 0 Å². The van der Waals surface area contributed by atoms with Crippen LogP contribution in [-0.2, 0) is 19.6 Å². The molecule has 186 valence electrons. The molecule has 0 aliphatic carbocycles. The zero-order valence-electron chi connectivity index (χ0n) is 18.7. The Morgan fingerprint density at radius 3 is 2.22 bits per heavy atom. The first kappa shape index (κ1) is 23.3. The van der Waals surface area contributed by atoms with Crippen molar-refractivity contribution < 1.29 is 41.7 Å². The fraction of sp³-hybridized carbons (Fsp3) is 0.167. The van der Waals surface area contributed by atoms with E-state index in [2.05, 4.69) is 10.0 Å². The highest BCUT2D eigenvalue weighted by Crippen LogP contribution is 2.34.